The monoisotopic (exact) mass is 611 g/mol. The normalized spacial score (nSPS) is 17.9. The molecule has 2 aliphatic rings. The average molecular weight is 612 g/mol. The van der Waals surface area contributed by atoms with Crippen LogP contribution >= 0.6 is 0 Å². The maximum atomic E-state index is 12.8. The van der Waals surface area contributed by atoms with Crippen LogP contribution in [-0.2, 0) is 30.6 Å². The molecule has 1 aromatic carbocycles. The van der Waals surface area contributed by atoms with Crippen LogP contribution in [0, 0.1) is 0 Å². The smallest absolute Gasteiger partial charge is 0.417 e. The number of nitrogens with zero attached hydrogens (tertiary/aromatic N) is 5. The molecule has 44 heavy (non-hydrogen) atoms. The summed E-state index contributed by atoms with van der Waals surface area (Å²) in [7, 11) is 1.51. The molecule has 0 aliphatic carbocycles. The molecule has 2 saturated heterocycles. The zero-order valence-corrected chi connectivity index (χ0v) is 24.1. The number of fused-ring (bicyclic) bond motifs is 1. The van der Waals surface area contributed by atoms with Gasteiger partial charge in [0.15, 0.2) is 0 Å². The molecule has 1 N–H and O–H groups in total. The lowest BCUT2D eigenvalue weighted by atomic mass is 9.93. The largest absolute Gasteiger partial charge is 0.494 e. The number of hydrogen-bond acceptors (Lipinski definition) is 8. The number of aromatic carboxylic acids is 1. The number of carbonyl (C=O) groups is 1. The first kappa shape index (κ1) is 29.8. The van der Waals surface area contributed by atoms with Gasteiger partial charge in [0.2, 0.25) is 5.88 Å². The van der Waals surface area contributed by atoms with Crippen LogP contribution in [0.4, 0.5) is 13.2 Å². The zero-order chi connectivity index (χ0) is 30.8. The summed E-state index contributed by atoms with van der Waals surface area (Å²) in [5.74, 6) is 0.851. The number of methoxy groups -OCH3 is 1. The van der Waals surface area contributed by atoms with Crippen LogP contribution in [0.5, 0.6) is 11.6 Å². The fraction of sp³-hybridized carbons (Fsp3) is 0.419. The van der Waals surface area contributed by atoms with Gasteiger partial charge in [0.05, 0.1) is 48.6 Å². The highest BCUT2D eigenvalue weighted by Crippen LogP contribution is 2.33. The molecule has 4 aromatic rings. The minimum atomic E-state index is -4.43. The predicted octanol–water partition coefficient (Wildman–Crippen LogP) is 5.30. The highest BCUT2D eigenvalue weighted by Gasteiger charge is 2.31. The number of hydrogen-bond donors (Lipinski definition) is 1. The van der Waals surface area contributed by atoms with Crippen molar-refractivity contribution in [3.05, 3.63) is 77.0 Å². The molecule has 5 heterocycles. The van der Waals surface area contributed by atoms with E-state index >= 15 is 0 Å². The van der Waals surface area contributed by atoms with Crippen molar-refractivity contribution in [3.8, 4) is 11.6 Å². The van der Waals surface area contributed by atoms with Gasteiger partial charge in [0, 0.05) is 30.5 Å². The number of pyridine rings is 2. The molecule has 0 unspecified atom stereocenters. The Bertz CT molecular complexity index is 1630. The van der Waals surface area contributed by atoms with Gasteiger partial charge in [-0.3, -0.25) is 9.88 Å². The maximum Gasteiger partial charge on any atom is 0.417 e. The van der Waals surface area contributed by atoms with Crippen molar-refractivity contribution in [2.75, 3.05) is 26.8 Å². The molecular formula is C31H32F3N5O5. The van der Waals surface area contributed by atoms with Gasteiger partial charge in [-0.25, -0.2) is 14.8 Å². The van der Waals surface area contributed by atoms with E-state index in [1.807, 2.05) is 12.1 Å². The van der Waals surface area contributed by atoms with Gasteiger partial charge in [-0.1, -0.05) is 6.07 Å². The summed E-state index contributed by atoms with van der Waals surface area (Å²) in [6, 6.07) is 11.0. The van der Waals surface area contributed by atoms with Crippen LogP contribution in [0.3, 0.4) is 0 Å². The summed E-state index contributed by atoms with van der Waals surface area (Å²) >= 11 is 0. The highest BCUT2D eigenvalue weighted by molar-refractivity contribution is 5.95. The number of imidazole rings is 1. The van der Waals surface area contributed by atoms with Crippen molar-refractivity contribution in [3.63, 3.8) is 0 Å². The molecule has 13 heteroatoms. The number of alkyl halides is 3. The van der Waals surface area contributed by atoms with Crippen molar-refractivity contribution in [1.82, 2.24) is 24.4 Å². The summed E-state index contributed by atoms with van der Waals surface area (Å²) in [6.07, 6.45) is -0.887. The van der Waals surface area contributed by atoms with Gasteiger partial charge >= 0.3 is 12.1 Å². The Morgan fingerprint density at radius 3 is 2.55 bits per heavy atom. The van der Waals surface area contributed by atoms with Gasteiger partial charge in [-0.2, -0.15) is 13.2 Å². The molecule has 3 aromatic heterocycles. The Kier molecular flexibility index (Phi) is 8.41. The number of rotatable bonds is 10. The number of halogens is 3. The van der Waals surface area contributed by atoms with Crippen LogP contribution < -0.4 is 9.47 Å². The molecule has 232 valence electrons. The number of ether oxygens (including phenoxy) is 3. The van der Waals surface area contributed by atoms with E-state index in [2.05, 4.69) is 19.4 Å². The van der Waals surface area contributed by atoms with E-state index in [1.54, 1.807) is 12.1 Å². The van der Waals surface area contributed by atoms with Crippen LogP contribution in [0.1, 0.15) is 58.3 Å². The van der Waals surface area contributed by atoms with Gasteiger partial charge in [0.1, 0.15) is 23.7 Å². The topological polar surface area (TPSA) is 112 Å². The van der Waals surface area contributed by atoms with Gasteiger partial charge in [-0.05, 0) is 62.7 Å². The fourth-order valence-corrected chi connectivity index (χ4v) is 5.63. The first-order valence-corrected chi connectivity index (χ1v) is 14.4. The van der Waals surface area contributed by atoms with E-state index in [-0.39, 0.29) is 24.2 Å². The van der Waals surface area contributed by atoms with Gasteiger partial charge < -0.3 is 23.9 Å². The standard InChI is InChI=1S/C31H32F3N5O5/c1-42-26-14-20(30(40)41)13-25-29(26)37-27(39(25)16-23-9-12-43-23)17-38-10-7-19(8-11-38)24-3-2-4-28(36-24)44-18-22-6-5-21(15-35-22)31(32,33)34/h2-6,13-15,19,23H,7-12,16-18H2,1H3,(H,40,41)/t23-/m0/s1. The molecule has 2 aliphatic heterocycles. The van der Waals surface area contributed by atoms with E-state index in [0.29, 0.717) is 35.9 Å². The number of carboxylic acid groups (broad SMARTS) is 1. The number of carboxylic acids is 1. The third-order valence-electron chi connectivity index (χ3n) is 8.18. The lowest BCUT2D eigenvalue weighted by molar-refractivity contribution is -0.137. The maximum absolute atomic E-state index is 12.8. The first-order chi connectivity index (χ1) is 21.2. The third-order valence-corrected chi connectivity index (χ3v) is 8.18. The summed E-state index contributed by atoms with van der Waals surface area (Å²) < 4.78 is 57.4. The van der Waals surface area contributed by atoms with Crippen LogP contribution in [0.2, 0.25) is 0 Å². The molecule has 0 amide bonds. The summed E-state index contributed by atoms with van der Waals surface area (Å²) in [5, 5.41) is 9.65. The Morgan fingerprint density at radius 1 is 1.11 bits per heavy atom. The molecule has 10 nitrogen and oxygen atoms in total. The van der Waals surface area contributed by atoms with Crippen molar-refractivity contribution >= 4 is 17.0 Å². The molecule has 2 fully saturated rings. The number of likely N-dealkylation sites (tertiary alicyclic amines) is 1. The number of benzene rings is 1. The van der Waals surface area contributed by atoms with E-state index in [4.69, 9.17) is 19.2 Å². The lowest BCUT2D eigenvalue weighted by Gasteiger charge is -2.32. The Hall–Kier alpha value is -4.23. The van der Waals surface area contributed by atoms with E-state index in [9.17, 15) is 23.1 Å². The third kappa shape index (κ3) is 6.48. The van der Waals surface area contributed by atoms with E-state index in [1.165, 1.54) is 19.2 Å². The van der Waals surface area contributed by atoms with Crippen molar-refractivity contribution in [1.29, 1.82) is 0 Å². The number of aromatic nitrogens is 4. The Morgan fingerprint density at radius 2 is 1.91 bits per heavy atom. The zero-order valence-electron chi connectivity index (χ0n) is 24.1. The molecule has 1 atom stereocenters. The molecule has 0 saturated carbocycles. The van der Waals surface area contributed by atoms with E-state index in [0.717, 1.165) is 68.3 Å². The summed E-state index contributed by atoms with van der Waals surface area (Å²) in [6.45, 7) is 3.54. The Balaban J connectivity index is 1.11. The quantitative estimate of drug-likeness (QED) is 0.255. The van der Waals surface area contributed by atoms with E-state index < -0.39 is 17.7 Å². The van der Waals surface area contributed by atoms with Crippen LogP contribution in [0.25, 0.3) is 11.0 Å². The SMILES string of the molecule is COc1cc(C(=O)O)cc2c1nc(CN1CCC(c3cccc(OCc4ccc(C(F)(F)F)cn4)n3)CC1)n2C[C@@H]1CCO1. The second kappa shape index (κ2) is 12.4. The second-order valence-corrected chi connectivity index (χ2v) is 11.0. The molecule has 0 radical (unpaired) electrons. The minimum Gasteiger partial charge on any atom is -0.494 e. The highest BCUT2D eigenvalue weighted by atomic mass is 19.4. The molecular weight excluding hydrogens is 579 g/mol. The predicted molar refractivity (Wildman–Crippen MR) is 153 cm³/mol. The van der Waals surface area contributed by atoms with Gasteiger partial charge in [0.25, 0.3) is 0 Å². The minimum absolute atomic E-state index is 0.0126. The van der Waals surface area contributed by atoms with Crippen LogP contribution in [0.15, 0.2) is 48.7 Å². The number of piperidine rings is 1. The van der Waals surface area contributed by atoms with Gasteiger partial charge in [-0.15, -0.1) is 0 Å². The average Bonchev–Trinajstić information content (AvgIpc) is 3.34. The van der Waals surface area contributed by atoms with Crippen molar-refractivity contribution in [2.45, 2.75) is 57.2 Å². The second-order valence-electron chi connectivity index (χ2n) is 11.0. The van der Waals surface area contributed by atoms with Crippen LogP contribution in [-0.4, -0.2) is 68.4 Å². The lowest BCUT2D eigenvalue weighted by Crippen LogP contribution is -2.35. The summed E-state index contributed by atoms with van der Waals surface area (Å²) in [5.41, 5.74) is 1.98. The Labute approximate surface area is 251 Å². The molecule has 0 bridgehead atoms. The van der Waals surface area contributed by atoms with Crippen molar-refractivity contribution in [2.24, 2.45) is 0 Å². The first-order valence-electron chi connectivity index (χ1n) is 14.4. The van der Waals surface area contributed by atoms with Crippen molar-refractivity contribution < 1.29 is 37.3 Å². The molecule has 6 rings (SSSR count). The summed E-state index contributed by atoms with van der Waals surface area (Å²) in [4.78, 5) is 27.5. The fourth-order valence-electron chi connectivity index (χ4n) is 5.63. The molecule has 0 spiro atoms.